The Balaban J connectivity index is 1.83. The van der Waals surface area contributed by atoms with Crippen molar-refractivity contribution in [3.05, 3.63) is 23.8 Å². The van der Waals surface area contributed by atoms with Gasteiger partial charge in [-0.1, -0.05) is 0 Å². The molecule has 25 heavy (non-hydrogen) atoms. The van der Waals surface area contributed by atoms with Crippen LogP contribution in [0.25, 0.3) is 0 Å². The number of morpholine rings is 1. The van der Waals surface area contributed by atoms with E-state index >= 15 is 0 Å². The first-order chi connectivity index (χ1) is 11.7. The van der Waals surface area contributed by atoms with E-state index in [9.17, 15) is 26.4 Å². The fraction of sp³-hybridized carbons (Fsp3) is 0.533. The molecule has 0 saturated carbocycles. The third-order valence-electron chi connectivity index (χ3n) is 4.21. The number of ether oxygens (including phenoxy) is 1. The molecule has 1 saturated heterocycles. The first kappa shape index (κ1) is 18.2. The topological polar surface area (TPSA) is 66.9 Å². The SMILES string of the molecule is O=C(CC(F)(F)F)N1CCc2cc(S(=O)(=O)N3CCOCC3)ccc21. The van der Waals surface area contributed by atoms with Crippen molar-refractivity contribution in [2.75, 3.05) is 37.7 Å². The van der Waals surface area contributed by atoms with E-state index in [1.165, 1.54) is 22.5 Å². The van der Waals surface area contributed by atoms with E-state index in [4.69, 9.17) is 4.74 Å². The zero-order chi connectivity index (χ0) is 18.2. The highest BCUT2D eigenvalue weighted by Gasteiger charge is 2.36. The van der Waals surface area contributed by atoms with Gasteiger partial charge in [-0.15, -0.1) is 0 Å². The van der Waals surface area contributed by atoms with E-state index in [0.717, 1.165) is 4.90 Å². The molecule has 2 heterocycles. The quantitative estimate of drug-likeness (QED) is 0.801. The van der Waals surface area contributed by atoms with Crippen molar-refractivity contribution in [3.63, 3.8) is 0 Å². The Bertz CT molecular complexity index is 773. The molecule has 0 bridgehead atoms. The molecule has 1 aromatic carbocycles. The van der Waals surface area contributed by atoms with Crippen LogP contribution in [0.4, 0.5) is 18.9 Å². The fourth-order valence-electron chi connectivity index (χ4n) is 3.00. The predicted molar refractivity (Wildman–Crippen MR) is 82.7 cm³/mol. The van der Waals surface area contributed by atoms with E-state index in [1.807, 2.05) is 0 Å². The molecule has 0 radical (unpaired) electrons. The summed E-state index contributed by atoms with van der Waals surface area (Å²) in [6.07, 6.45) is -5.77. The molecule has 2 aliphatic heterocycles. The van der Waals surface area contributed by atoms with Crippen LogP contribution in [0.2, 0.25) is 0 Å². The number of carbonyl (C=O) groups excluding carboxylic acids is 1. The monoisotopic (exact) mass is 378 g/mol. The lowest BCUT2D eigenvalue weighted by Crippen LogP contribution is -2.40. The molecule has 3 rings (SSSR count). The molecule has 138 valence electrons. The summed E-state index contributed by atoms with van der Waals surface area (Å²) in [5.74, 6) is -1.03. The summed E-state index contributed by atoms with van der Waals surface area (Å²) in [6, 6.07) is 4.19. The molecular weight excluding hydrogens is 361 g/mol. The second-order valence-corrected chi connectivity index (χ2v) is 7.83. The highest BCUT2D eigenvalue weighted by molar-refractivity contribution is 7.89. The Hall–Kier alpha value is -1.65. The van der Waals surface area contributed by atoms with Crippen LogP contribution in [0.5, 0.6) is 0 Å². The van der Waals surface area contributed by atoms with Gasteiger partial charge in [-0.2, -0.15) is 17.5 Å². The Morgan fingerprint density at radius 3 is 2.48 bits per heavy atom. The molecule has 0 aliphatic carbocycles. The number of benzene rings is 1. The van der Waals surface area contributed by atoms with Crippen LogP contribution < -0.4 is 4.90 Å². The second-order valence-electron chi connectivity index (χ2n) is 5.89. The minimum Gasteiger partial charge on any atom is -0.379 e. The molecule has 2 aliphatic rings. The first-order valence-corrected chi connectivity index (χ1v) is 9.20. The summed E-state index contributed by atoms with van der Waals surface area (Å²) < 4.78 is 69.0. The largest absolute Gasteiger partial charge is 0.397 e. The molecule has 1 aromatic rings. The summed E-state index contributed by atoms with van der Waals surface area (Å²) in [5, 5.41) is 0. The molecule has 0 unspecified atom stereocenters. The number of hydrogen-bond donors (Lipinski definition) is 0. The molecule has 1 amide bonds. The van der Waals surface area contributed by atoms with Gasteiger partial charge in [0.25, 0.3) is 0 Å². The van der Waals surface area contributed by atoms with E-state index < -0.39 is 28.5 Å². The highest BCUT2D eigenvalue weighted by Crippen LogP contribution is 2.33. The lowest BCUT2D eigenvalue weighted by Gasteiger charge is -2.26. The molecule has 0 spiro atoms. The third-order valence-corrected chi connectivity index (χ3v) is 6.10. The number of halogens is 3. The zero-order valence-corrected chi connectivity index (χ0v) is 14.1. The second kappa shape index (κ2) is 6.58. The van der Waals surface area contributed by atoms with Gasteiger partial charge in [0, 0.05) is 25.3 Å². The van der Waals surface area contributed by atoms with Crippen molar-refractivity contribution in [3.8, 4) is 0 Å². The number of sulfonamides is 1. The average Bonchev–Trinajstić information content (AvgIpc) is 2.97. The third kappa shape index (κ3) is 3.80. The van der Waals surface area contributed by atoms with E-state index in [1.54, 1.807) is 0 Å². The Morgan fingerprint density at radius 1 is 1.16 bits per heavy atom. The number of carbonyl (C=O) groups is 1. The minimum absolute atomic E-state index is 0.0817. The highest BCUT2D eigenvalue weighted by atomic mass is 32.2. The van der Waals surface area contributed by atoms with Crippen molar-refractivity contribution in [1.29, 1.82) is 0 Å². The van der Waals surface area contributed by atoms with Gasteiger partial charge in [-0.05, 0) is 30.2 Å². The molecule has 0 aromatic heterocycles. The van der Waals surface area contributed by atoms with Gasteiger partial charge in [0.05, 0.1) is 18.1 Å². The van der Waals surface area contributed by atoms with Crippen LogP contribution in [0.1, 0.15) is 12.0 Å². The molecule has 6 nitrogen and oxygen atoms in total. The zero-order valence-electron chi connectivity index (χ0n) is 13.3. The lowest BCUT2D eigenvalue weighted by atomic mass is 10.2. The number of rotatable bonds is 3. The van der Waals surface area contributed by atoms with Crippen LogP contribution in [0.15, 0.2) is 23.1 Å². The van der Waals surface area contributed by atoms with Gasteiger partial charge in [0.2, 0.25) is 15.9 Å². The van der Waals surface area contributed by atoms with Crippen LogP contribution in [-0.2, 0) is 26.0 Å². The maximum atomic E-state index is 12.6. The Morgan fingerprint density at radius 2 is 1.84 bits per heavy atom. The number of amides is 1. The summed E-state index contributed by atoms with van der Waals surface area (Å²) >= 11 is 0. The van der Waals surface area contributed by atoms with Crippen LogP contribution in [-0.4, -0.2) is 57.7 Å². The van der Waals surface area contributed by atoms with Gasteiger partial charge in [-0.25, -0.2) is 8.42 Å². The van der Waals surface area contributed by atoms with Crippen LogP contribution in [0.3, 0.4) is 0 Å². The fourth-order valence-corrected chi connectivity index (χ4v) is 4.46. The smallest absolute Gasteiger partial charge is 0.379 e. The van der Waals surface area contributed by atoms with Gasteiger partial charge in [0.1, 0.15) is 6.42 Å². The predicted octanol–water partition coefficient (Wildman–Crippen LogP) is 1.55. The summed E-state index contributed by atoms with van der Waals surface area (Å²) in [5.41, 5.74) is 0.903. The number of fused-ring (bicyclic) bond motifs is 1. The summed E-state index contributed by atoms with van der Waals surface area (Å²) in [4.78, 5) is 13.0. The van der Waals surface area contributed by atoms with Crippen molar-refractivity contribution < 1.29 is 31.1 Å². The number of nitrogens with zero attached hydrogens (tertiary/aromatic N) is 2. The molecule has 0 N–H and O–H groups in total. The van der Waals surface area contributed by atoms with Crippen LogP contribution >= 0.6 is 0 Å². The van der Waals surface area contributed by atoms with Gasteiger partial charge < -0.3 is 9.64 Å². The van der Waals surface area contributed by atoms with Crippen LogP contribution in [0, 0.1) is 0 Å². The van der Waals surface area contributed by atoms with Gasteiger partial charge in [-0.3, -0.25) is 4.79 Å². The normalized spacial score (nSPS) is 19.1. The van der Waals surface area contributed by atoms with E-state index in [-0.39, 0.29) is 24.5 Å². The number of hydrogen-bond acceptors (Lipinski definition) is 4. The van der Waals surface area contributed by atoms with Crippen molar-refractivity contribution in [2.45, 2.75) is 23.9 Å². The summed E-state index contributed by atoms with van der Waals surface area (Å²) in [7, 11) is -3.68. The van der Waals surface area contributed by atoms with E-state index in [0.29, 0.717) is 30.9 Å². The Labute approximate surface area is 143 Å². The van der Waals surface area contributed by atoms with Crippen molar-refractivity contribution in [1.82, 2.24) is 4.31 Å². The van der Waals surface area contributed by atoms with E-state index in [2.05, 4.69) is 0 Å². The minimum atomic E-state index is -4.57. The van der Waals surface area contributed by atoms with Crippen molar-refractivity contribution >= 4 is 21.6 Å². The number of alkyl halides is 3. The summed E-state index contributed by atoms with van der Waals surface area (Å²) in [6.45, 7) is 1.28. The molecule has 10 heteroatoms. The lowest BCUT2D eigenvalue weighted by molar-refractivity contribution is -0.151. The number of anilines is 1. The molecule has 0 atom stereocenters. The average molecular weight is 378 g/mol. The molecular formula is C15H17F3N2O4S. The standard InChI is InChI=1S/C15H17F3N2O4S/c16-15(17,18)10-14(21)20-4-3-11-9-12(1-2-13(11)20)25(22,23)19-5-7-24-8-6-19/h1-2,9H,3-8,10H2. The molecule has 1 fully saturated rings. The first-order valence-electron chi connectivity index (χ1n) is 7.76. The van der Waals surface area contributed by atoms with Gasteiger partial charge >= 0.3 is 6.18 Å². The Kier molecular flexibility index (Phi) is 4.78. The maximum Gasteiger partial charge on any atom is 0.397 e. The maximum absolute atomic E-state index is 12.6. The van der Waals surface area contributed by atoms with Gasteiger partial charge in [0.15, 0.2) is 0 Å². The van der Waals surface area contributed by atoms with Crippen molar-refractivity contribution in [2.24, 2.45) is 0 Å².